The number of nitrogens with zero attached hydrogens (tertiary/aromatic N) is 1. The van der Waals surface area contributed by atoms with Gasteiger partial charge < -0.3 is 14.6 Å². The number of ether oxygens (including phenoxy) is 2. The van der Waals surface area contributed by atoms with Gasteiger partial charge in [-0.1, -0.05) is 91.0 Å². The maximum absolute atomic E-state index is 12.3. The van der Waals surface area contributed by atoms with Crippen molar-refractivity contribution in [3.05, 3.63) is 140 Å². The monoisotopic (exact) mass is 512 g/mol. The molecule has 0 spiro atoms. The van der Waals surface area contributed by atoms with Crippen molar-refractivity contribution in [3.63, 3.8) is 0 Å². The van der Waals surface area contributed by atoms with Crippen LogP contribution < -0.4 is 11.2 Å². The predicted octanol–water partition coefficient (Wildman–Crippen LogP) is 3.93. The Labute approximate surface area is 221 Å². The Morgan fingerprint density at radius 1 is 0.921 bits per heavy atom. The Hall–Kier alpha value is -3.78. The molecule has 0 radical (unpaired) electrons. The first-order valence-electron chi connectivity index (χ1n) is 12.9. The molecule has 1 fully saturated rings. The largest absolute Gasteiger partial charge is 0.390 e. The van der Waals surface area contributed by atoms with Crippen LogP contribution in [0.4, 0.5) is 0 Å². The second-order valence-electron chi connectivity index (χ2n) is 9.74. The number of aromatic amines is 1. The summed E-state index contributed by atoms with van der Waals surface area (Å²) in [5.41, 5.74) is 2.51. The summed E-state index contributed by atoms with van der Waals surface area (Å²) in [6.45, 7) is 2.23. The summed E-state index contributed by atoms with van der Waals surface area (Å²) in [7, 11) is 0. The zero-order valence-corrected chi connectivity index (χ0v) is 21.3. The second kappa shape index (κ2) is 11.3. The zero-order valence-electron chi connectivity index (χ0n) is 21.3. The Morgan fingerprint density at radius 2 is 1.45 bits per heavy atom. The molecule has 5 rings (SSSR count). The van der Waals surface area contributed by atoms with Gasteiger partial charge in [-0.3, -0.25) is 14.3 Å². The summed E-state index contributed by atoms with van der Waals surface area (Å²) in [6, 6.07) is 31.3. The minimum Gasteiger partial charge on any atom is -0.390 e. The number of nitrogens with one attached hydrogen (secondary N) is 1. The van der Waals surface area contributed by atoms with E-state index in [9.17, 15) is 14.7 Å². The van der Waals surface area contributed by atoms with E-state index in [0.717, 1.165) is 0 Å². The van der Waals surface area contributed by atoms with E-state index in [4.69, 9.17) is 9.47 Å². The third-order valence-corrected chi connectivity index (χ3v) is 7.36. The summed E-state index contributed by atoms with van der Waals surface area (Å²) in [4.78, 5) is 26.3. The van der Waals surface area contributed by atoms with E-state index in [2.05, 4.69) is 77.8 Å². The lowest BCUT2D eigenvalue weighted by atomic mass is 9.67. The predicted molar refractivity (Wildman–Crippen MR) is 145 cm³/mol. The number of hydrogen-bond donors (Lipinski definition) is 2. The molecule has 0 saturated carbocycles. The van der Waals surface area contributed by atoms with Crippen LogP contribution in [0, 0.1) is 6.92 Å². The van der Waals surface area contributed by atoms with E-state index in [1.165, 1.54) is 27.5 Å². The Bertz CT molecular complexity index is 1350. The Kier molecular flexibility index (Phi) is 7.69. The molecule has 7 heteroatoms. The third kappa shape index (κ3) is 5.13. The molecule has 1 aromatic heterocycles. The van der Waals surface area contributed by atoms with Gasteiger partial charge in [0.1, 0.15) is 12.3 Å². The van der Waals surface area contributed by atoms with Crippen molar-refractivity contribution in [2.75, 3.05) is 13.2 Å². The molecule has 2 N–H and O–H groups in total. The van der Waals surface area contributed by atoms with Crippen LogP contribution in [0.5, 0.6) is 0 Å². The molecule has 1 aliphatic rings. The average Bonchev–Trinajstić information content (AvgIpc) is 3.32. The minimum absolute atomic E-state index is 0.184. The second-order valence-corrected chi connectivity index (χ2v) is 9.74. The fourth-order valence-electron chi connectivity index (χ4n) is 5.36. The fourth-order valence-corrected chi connectivity index (χ4v) is 5.36. The highest BCUT2D eigenvalue weighted by Crippen LogP contribution is 2.42. The highest BCUT2D eigenvalue weighted by Gasteiger charge is 2.38. The molecule has 0 bridgehead atoms. The number of aromatic nitrogens is 2. The Morgan fingerprint density at radius 3 is 1.97 bits per heavy atom. The first-order chi connectivity index (χ1) is 18.5. The topological polar surface area (TPSA) is 93.6 Å². The number of aliphatic hydroxyl groups is 1. The molecule has 0 unspecified atom stereocenters. The van der Waals surface area contributed by atoms with Gasteiger partial charge in [0.2, 0.25) is 0 Å². The maximum Gasteiger partial charge on any atom is 0.330 e. The highest BCUT2D eigenvalue weighted by molar-refractivity contribution is 5.50. The van der Waals surface area contributed by atoms with Gasteiger partial charge in [0.15, 0.2) is 0 Å². The number of aliphatic hydroxyl groups excluding tert-OH is 1. The lowest BCUT2D eigenvalue weighted by molar-refractivity contribution is -0.0645. The fraction of sp³-hybridized carbons (Fsp3) is 0.290. The van der Waals surface area contributed by atoms with Crippen molar-refractivity contribution in [3.8, 4) is 0 Å². The van der Waals surface area contributed by atoms with Gasteiger partial charge in [0.05, 0.1) is 12.7 Å². The van der Waals surface area contributed by atoms with E-state index in [1.54, 1.807) is 6.92 Å². The van der Waals surface area contributed by atoms with Crippen molar-refractivity contribution in [2.45, 2.75) is 43.6 Å². The number of rotatable bonds is 9. The molecule has 3 aromatic carbocycles. The summed E-state index contributed by atoms with van der Waals surface area (Å²) in [5.74, 6) is 0. The van der Waals surface area contributed by atoms with E-state index in [1.807, 2.05) is 18.2 Å². The summed E-state index contributed by atoms with van der Waals surface area (Å²) < 4.78 is 13.4. The molecule has 1 saturated heterocycles. The molecule has 0 aliphatic carbocycles. The van der Waals surface area contributed by atoms with Gasteiger partial charge in [-0.2, -0.15) is 0 Å². The van der Waals surface area contributed by atoms with Gasteiger partial charge in [-0.05, 0) is 30.0 Å². The van der Waals surface area contributed by atoms with Gasteiger partial charge in [-0.25, -0.2) is 4.79 Å². The summed E-state index contributed by atoms with van der Waals surface area (Å²) in [5, 5.41) is 10.6. The summed E-state index contributed by atoms with van der Waals surface area (Å²) >= 11 is 0. The van der Waals surface area contributed by atoms with Crippen LogP contribution in [0.2, 0.25) is 0 Å². The van der Waals surface area contributed by atoms with Gasteiger partial charge in [0.25, 0.3) is 5.56 Å². The molecule has 7 nitrogen and oxygen atoms in total. The molecule has 2 heterocycles. The lowest BCUT2D eigenvalue weighted by Crippen LogP contribution is -2.34. The van der Waals surface area contributed by atoms with Gasteiger partial charge >= 0.3 is 5.69 Å². The van der Waals surface area contributed by atoms with Gasteiger partial charge in [0, 0.05) is 30.2 Å². The van der Waals surface area contributed by atoms with Crippen molar-refractivity contribution >= 4 is 0 Å². The Balaban J connectivity index is 1.34. The smallest absolute Gasteiger partial charge is 0.330 e. The first kappa shape index (κ1) is 25.9. The van der Waals surface area contributed by atoms with Crippen molar-refractivity contribution in [2.24, 2.45) is 0 Å². The van der Waals surface area contributed by atoms with Crippen LogP contribution in [-0.2, 0) is 14.9 Å². The standard InChI is InChI=1S/C31H32N2O5/c1-22-20-33(30(36)32-29(22)35)28-19-26(34)27(38-28)21-37-18-17-31(23-11-5-2-6-12-23,24-13-7-3-8-14-24)25-15-9-4-10-16-25/h2-16,20,26-28,34H,17-19,21H2,1H3,(H,32,35,36)/t26-,27+,28+/m0/s1. The molecule has 4 aromatic rings. The quantitative estimate of drug-likeness (QED) is 0.262. The minimum atomic E-state index is -0.790. The normalized spacial score (nSPS) is 19.5. The van der Waals surface area contributed by atoms with E-state index >= 15 is 0 Å². The molecule has 0 amide bonds. The van der Waals surface area contributed by atoms with E-state index in [-0.39, 0.29) is 13.0 Å². The number of aryl methyl sites for hydroxylation is 1. The lowest BCUT2D eigenvalue weighted by Gasteiger charge is -2.36. The summed E-state index contributed by atoms with van der Waals surface area (Å²) in [6.07, 6.45) is 0.339. The highest BCUT2D eigenvalue weighted by atomic mass is 16.6. The van der Waals surface area contributed by atoms with Gasteiger partial charge in [-0.15, -0.1) is 0 Å². The molecule has 196 valence electrons. The van der Waals surface area contributed by atoms with E-state index < -0.39 is 35.1 Å². The average molecular weight is 513 g/mol. The molecule has 1 aliphatic heterocycles. The number of hydrogen-bond acceptors (Lipinski definition) is 5. The first-order valence-corrected chi connectivity index (χ1v) is 12.9. The van der Waals surface area contributed by atoms with Crippen LogP contribution in [0.3, 0.4) is 0 Å². The molecular formula is C31H32N2O5. The number of benzene rings is 3. The van der Waals surface area contributed by atoms with Crippen LogP contribution in [-0.4, -0.2) is 40.1 Å². The van der Waals surface area contributed by atoms with Crippen molar-refractivity contribution < 1.29 is 14.6 Å². The van der Waals surface area contributed by atoms with Crippen molar-refractivity contribution in [1.29, 1.82) is 0 Å². The van der Waals surface area contributed by atoms with E-state index in [0.29, 0.717) is 18.6 Å². The van der Waals surface area contributed by atoms with Crippen molar-refractivity contribution in [1.82, 2.24) is 9.55 Å². The van der Waals surface area contributed by atoms with Crippen LogP contribution in [0.15, 0.2) is 107 Å². The zero-order chi connectivity index (χ0) is 26.5. The van der Waals surface area contributed by atoms with Crippen LogP contribution in [0.25, 0.3) is 0 Å². The van der Waals surface area contributed by atoms with Crippen LogP contribution in [0.1, 0.15) is 41.3 Å². The molecular weight excluding hydrogens is 480 g/mol. The van der Waals surface area contributed by atoms with Crippen LogP contribution >= 0.6 is 0 Å². The third-order valence-electron chi connectivity index (χ3n) is 7.36. The number of H-pyrrole nitrogens is 1. The molecule has 3 atom stereocenters. The molecule has 38 heavy (non-hydrogen) atoms. The SMILES string of the molecule is Cc1cn([C@H]2C[C@H](O)[C@@H](COCCC(c3ccccc3)(c3ccccc3)c3ccccc3)O2)c(=O)[nH]c1=O. The maximum atomic E-state index is 12.3.